The summed E-state index contributed by atoms with van der Waals surface area (Å²) in [6, 6.07) is 9.02. The Morgan fingerprint density at radius 1 is 1.45 bits per heavy atom. The third kappa shape index (κ3) is 3.05. The van der Waals surface area contributed by atoms with E-state index in [2.05, 4.69) is 10.4 Å². The predicted molar refractivity (Wildman–Crippen MR) is 76.5 cm³/mol. The second kappa shape index (κ2) is 5.84. The van der Waals surface area contributed by atoms with E-state index in [4.69, 9.17) is 4.74 Å². The lowest BCUT2D eigenvalue weighted by Crippen LogP contribution is -2.36. The molecule has 0 spiro atoms. The van der Waals surface area contributed by atoms with E-state index >= 15 is 0 Å². The van der Waals surface area contributed by atoms with Gasteiger partial charge in [-0.25, -0.2) is 0 Å². The van der Waals surface area contributed by atoms with Crippen LogP contribution < -0.4 is 10.1 Å². The summed E-state index contributed by atoms with van der Waals surface area (Å²) in [5.74, 6) is 0.310. The number of carbonyl (C=O) groups excluding carboxylic acids is 1. The third-order valence-electron chi connectivity index (χ3n) is 3.36. The van der Waals surface area contributed by atoms with Gasteiger partial charge in [-0.2, -0.15) is 4.68 Å². The molecule has 3 rings (SSSR count). The van der Waals surface area contributed by atoms with Crippen LogP contribution in [-0.2, 0) is 17.8 Å². The fraction of sp³-hybridized carbons (Fsp3) is 0.286. The summed E-state index contributed by atoms with van der Waals surface area (Å²) in [5, 5.41) is 17.0. The molecule has 114 valence electrons. The van der Waals surface area contributed by atoms with Crippen LogP contribution >= 0.6 is 0 Å². The zero-order valence-electron chi connectivity index (χ0n) is 11.6. The van der Waals surface area contributed by atoms with Crippen molar-refractivity contribution in [3.63, 3.8) is 0 Å². The van der Waals surface area contributed by atoms with Gasteiger partial charge in [-0.15, -0.1) is 0 Å². The maximum atomic E-state index is 11.8. The molecule has 0 saturated carbocycles. The molecule has 8 heteroatoms. The van der Waals surface area contributed by atoms with Crippen LogP contribution in [0.25, 0.3) is 0 Å². The number of nitro groups is 1. The van der Waals surface area contributed by atoms with Crippen molar-refractivity contribution in [3.05, 3.63) is 52.2 Å². The number of amides is 1. The fourth-order valence-electron chi connectivity index (χ4n) is 2.33. The van der Waals surface area contributed by atoms with Gasteiger partial charge in [0.25, 0.3) is 0 Å². The number of hydrogen-bond donors (Lipinski definition) is 1. The minimum Gasteiger partial charge on any atom is -0.488 e. The topological polar surface area (TPSA) is 99.3 Å². The quantitative estimate of drug-likeness (QED) is 0.653. The Morgan fingerprint density at radius 3 is 3.00 bits per heavy atom. The van der Waals surface area contributed by atoms with Gasteiger partial charge in [-0.1, -0.05) is 18.2 Å². The number of fused-ring (bicyclic) bond motifs is 1. The second-order valence-corrected chi connectivity index (χ2v) is 4.98. The second-order valence-electron chi connectivity index (χ2n) is 4.98. The molecular formula is C14H14N4O4. The SMILES string of the molecule is O=C(Cn1ccc([N+](=O)[O-])n1)NC[C@H]1Cc2ccccc2O1. The van der Waals surface area contributed by atoms with Gasteiger partial charge in [0.15, 0.2) is 0 Å². The zero-order valence-corrected chi connectivity index (χ0v) is 11.6. The Bertz CT molecular complexity index is 687. The first-order valence-electron chi connectivity index (χ1n) is 6.81. The van der Waals surface area contributed by atoms with Crippen molar-refractivity contribution in [2.24, 2.45) is 0 Å². The van der Waals surface area contributed by atoms with Crippen LogP contribution in [0.4, 0.5) is 5.82 Å². The van der Waals surface area contributed by atoms with Gasteiger partial charge in [-0.3, -0.25) is 4.79 Å². The highest BCUT2D eigenvalue weighted by atomic mass is 16.6. The molecule has 1 amide bonds. The van der Waals surface area contributed by atoms with Gasteiger partial charge in [0, 0.05) is 6.42 Å². The van der Waals surface area contributed by atoms with Crippen molar-refractivity contribution in [2.45, 2.75) is 19.1 Å². The van der Waals surface area contributed by atoms with Crippen molar-refractivity contribution >= 4 is 11.7 Å². The largest absolute Gasteiger partial charge is 0.488 e. The van der Waals surface area contributed by atoms with Crippen molar-refractivity contribution in [1.29, 1.82) is 0 Å². The summed E-state index contributed by atoms with van der Waals surface area (Å²) in [5.41, 5.74) is 1.13. The van der Waals surface area contributed by atoms with Gasteiger partial charge in [0.2, 0.25) is 5.91 Å². The van der Waals surface area contributed by atoms with Crippen molar-refractivity contribution in [2.75, 3.05) is 6.54 Å². The molecule has 1 aromatic heterocycles. The number of benzene rings is 1. The monoisotopic (exact) mass is 302 g/mol. The average molecular weight is 302 g/mol. The molecule has 22 heavy (non-hydrogen) atoms. The fourth-order valence-corrected chi connectivity index (χ4v) is 2.33. The zero-order chi connectivity index (χ0) is 15.5. The maximum absolute atomic E-state index is 11.8. The van der Waals surface area contributed by atoms with Crippen LogP contribution in [0.3, 0.4) is 0 Å². The summed E-state index contributed by atoms with van der Waals surface area (Å²) in [4.78, 5) is 21.7. The number of para-hydroxylation sites is 1. The van der Waals surface area contributed by atoms with Crippen LogP contribution in [-0.4, -0.2) is 33.3 Å². The van der Waals surface area contributed by atoms with Gasteiger partial charge in [0.1, 0.15) is 18.4 Å². The summed E-state index contributed by atoms with van der Waals surface area (Å²) in [7, 11) is 0. The number of ether oxygens (including phenoxy) is 1. The lowest BCUT2D eigenvalue weighted by atomic mass is 10.1. The molecule has 0 aliphatic carbocycles. The molecule has 2 heterocycles. The molecule has 0 bridgehead atoms. The summed E-state index contributed by atoms with van der Waals surface area (Å²) in [6.45, 7) is 0.324. The van der Waals surface area contributed by atoms with E-state index in [1.165, 1.54) is 16.9 Å². The highest BCUT2D eigenvalue weighted by Gasteiger charge is 2.23. The number of aromatic nitrogens is 2. The van der Waals surface area contributed by atoms with Crippen LogP contribution in [0.15, 0.2) is 36.5 Å². The lowest BCUT2D eigenvalue weighted by molar-refractivity contribution is -0.389. The smallest absolute Gasteiger partial charge is 0.389 e. The van der Waals surface area contributed by atoms with Crippen molar-refractivity contribution < 1.29 is 14.5 Å². The maximum Gasteiger partial charge on any atom is 0.389 e. The number of nitrogens with one attached hydrogen (secondary N) is 1. The van der Waals surface area contributed by atoms with Crippen LogP contribution in [0, 0.1) is 10.1 Å². The Hall–Kier alpha value is -2.90. The Labute approximate surface area is 125 Å². The first-order chi connectivity index (χ1) is 10.6. The number of nitrogens with zero attached hydrogens (tertiary/aromatic N) is 3. The lowest BCUT2D eigenvalue weighted by Gasteiger charge is -2.11. The van der Waals surface area contributed by atoms with E-state index in [-0.39, 0.29) is 24.4 Å². The summed E-state index contributed by atoms with van der Waals surface area (Å²) in [6.07, 6.45) is 2.07. The van der Waals surface area contributed by atoms with Crippen LogP contribution in [0.2, 0.25) is 0 Å². The third-order valence-corrected chi connectivity index (χ3v) is 3.36. The Kier molecular flexibility index (Phi) is 3.73. The predicted octanol–water partition coefficient (Wildman–Crippen LogP) is 0.911. The van der Waals surface area contributed by atoms with Crippen molar-refractivity contribution in [1.82, 2.24) is 15.1 Å². The molecule has 0 radical (unpaired) electrons. The van der Waals surface area contributed by atoms with Crippen LogP contribution in [0.1, 0.15) is 5.56 Å². The number of carbonyl (C=O) groups is 1. The van der Waals surface area contributed by atoms with Gasteiger partial charge >= 0.3 is 5.82 Å². The van der Waals surface area contributed by atoms with E-state index in [0.717, 1.165) is 17.7 Å². The number of rotatable bonds is 5. The van der Waals surface area contributed by atoms with E-state index in [1.54, 1.807) is 0 Å². The normalized spacial score (nSPS) is 15.9. The molecule has 1 aromatic carbocycles. The molecule has 1 atom stereocenters. The molecule has 0 saturated heterocycles. The van der Waals surface area contributed by atoms with Crippen molar-refractivity contribution in [3.8, 4) is 5.75 Å². The van der Waals surface area contributed by atoms with E-state index in [1.807, 2.05) is 24.3 Å². The highest BCUT2D eigenvalue weighted by Crippen LogP contribution is 2.27. The van der Waals surface area contributed by atoms with E-state index in [9.17, 15) is 14.9 Å². The molecule has 0 fully saturated rings. The molecule has 0 unspecified atom stereocenters. The molecule has 2 aromatic rings. The van der Waals surface area contributed by atoms with E-state index in [0.29, 0.717) is 6.54 Å². The minimum atomic E-state index is -0.599. The molecule has 1 aliphatic rings. The van der Waals surface area contributed by atoms with Gasteiger partial charge in [0.05, 0.1) is 23.9 Å². The molecular weight excluding hydrogens is 288 g/mol. The number of hydrogen-bond acceptors (Lipinski definition) is 5. The standard InChI is InChI=1S/C14H14N4O4/c19-14(9-17-6-5-13(16-17)18(20)21)15-8-11-7-10-3-1-2-4-12(10)22-11/h1-6,11H,7-9H2,(H,15,19)/t11-/m1/s1. The minimum absolute atomic E-state index is 0.0620. The first kappa shape index (κ1) is 14.1. The Balaban J connectivity index is 1.48. The van der Waals surface area contributed by atoms with E-state index < -0.39 is 4.92 Å². The first-order valence-corrected chi connectivity index (χ1v) is 6.81. The van der Waals surface area contributed by atoms with Gasteiger partial charge in [-0.05, 0) is 16.6 Å². The molecule has 1 aliphatic heterocycles. The molecule has 1 N–H and O–H groups in total. The van der Waals surface area contributed by atoms with Crippen LogP contribution in [0.5, 0.6) is 5.75 Å². The average Bonchev–Trinajstić information content (AvgIpc) is 3.11. The molecule has 8 nitrogen and oxygen atoms in total. The summed E-state index contributed by atoms with van der Waals surface area (Å²) >= 11 is 0. The summed E-state index contributed by atoms with van der Waals surface area (Å²) < 4.78 is 6.95. The highest BCUT2D eigenvalue weighted by molar-refractivity contribution is 5.75. The van der Waals surface area contributed by atoms with Gasteiger partial charge < -0.3 is 20.2 Å². The Morgan fingerprint density at radius 2 is 2.27 bits per heavy atom.